The second-order valence-corrected chi connectivity index (χ2v) is 17.9. The standard InChI is InChI=1S/C41H44FN6O7PS/c1-3-18-54-41(52)25(2)46-56(53,55-31-9-5-4-6-10-31)37(42)26-12-15-35-28(19-26)20-36(57-35)38(49)45-33-11-7-8-30-13-14-34(48(30)39(33)50)40(51)47-23-29(24-47)32-22-44-17-16-27(32)21-43/h4-6,9-10,12,15-17,19-20,22,25,29-30,33-34,37H,3,7-8,11,13-14,18,23-24H2,1-2H3,(H,45,49)(H,46,53)/t25-,30-,33-,34-,37?,56?/m0/s1. The minimum Gasteiger partial charge on any atom is -0.465 e. The summed E-state index contributed by atoms with van der Waals surface area (Å²) in [7, 11) is -4.45. The van der Waals surface area contributed by atoms with Crippen LogP contribution in [0.5, 0.6) is 5.75 Å². The predicted octanol–water partition coefficient (Wildman–Crippen LogP) is 6.61. The maximum Gasteiger partial charge on any atom is 0.355 e. The van der Waals surface area contributed by atoms with E-state index >= 15 is 4.39 Å². The summed E-state index contributed by atoms with van der Waals surface area (Å²) in [6.45, 7) is 4.31. The van der Waals surface area contributed by atoms with Crippen LogP contribution in [0.4, 0.5) is 4.39 Å². The average molecular weight is 815 g/mol. The number of nitriles is 1. The summed E-state index contributed by atoms with van der Waals surface area (Å²) >= 11 is 1.17. The zero-order valence-corrected chi connectivity index (χ0v) is 33.3. The van der Waals surface area contributed by atoms with Crippen molar-refractivity contribution in [2.24, 2.45) is 0 Å². The van der Waals surface area contributed by atoms with Crippen LogP contribution in [0, 0.1) is 11.3 Å². The summed E-state index contributed by atoms with van der Waals surface area (Å²) < 4.78 is 42.3. The van der Waals surface area contributed by atoms with Gasteiger partial charge in [-0.25, -0.2) is 9.48 Å². The molecule has 3 aliphatic heterocycles. The molecule has 0 aliphatic carbocycles. The number of hydrogen-bond donors (Lipinski definition) is 2. The molecule has 16 heteroatoms. The Balaban J connectivity index is 1.04. The van der Waals surface area contributed by atoms with Crippen molar-refractivity contribution in [3.05, 3.63) is 94.6 Å². The van der Waals surface area contributed by atoms with Crippen LogP contribution < -0.4 is 14.9 Å². The number of esters is 1. The van der Waals surface area contributed by atoms with Crippen molar-refractivity contribution in [1.82, 2.24) is 25.2 Å². The molecule has 3 aliphatic rings. The van der Waals surface area contributed by atoms with Gasteiger partial charge in [0.2, 0.25) is 17.7 Å². The highest BCUT2D eigenvalue weighted by Gasteiger charge is 2.48. The monoisotopic (exact) mass is 814 g/mol. The summed E-state index contributed by atoms with van der Waals surface area (Å²) in [6, 6.07) is 15.5. The van der Waals surface area contributed by atoms with E-state index in [-0.39, 0.29) is 41.7 Å². The Morgan fingerprint density at radius 3 is 2.63 bits per heavy atom. The number of nitrogens with one attached hydrogen (secondary N) is 2. The number of fused-ring (bicyclic) bond motifs is 2. The number of amides is 3. The minimum absolute atomic E-state index is 0.00291. The van der Waals surface area contributed by atoms with E-state index in [1.54, 1.807) is 58.6 Å². The van der Waals surface area contributed by atoms with Gasteiger partial charge in [0.05, 0.1) is 23.1 Å². The van der Waals surface area contributed by atoms with E-state index in [2.05, 4.69) is 21.5 Å². The van der Waals surface area contributed by atoms with E-state index in [9.17, 15) is 29.0 Å². The highest BCUT2D eigenvalue weighted by atomic mass is 32.1. The van der Waals surface area contributed by atoms with Gasteiger partial charge in [0.1, 0.15) is 23.9 Å². The lowest BCUT2D eigenvalue weighted by atomic mass is 9.89. The van der Waals surface area contributed by atoms with Crippen LogP contribution in [-0.4, -0.2) is 82.3 Å². The van der Waals surface area contributed by atoms with Gasteiger partial charge in [0.15, 0.2) is 0 Å². The molecule has 0 radical (unpaired) electrons. The maximum atomic E-state index is 16.5. The molecule has 4 aromatic rings. The molecular formula is C41H44FN6O7PS. The third kappa shape index (κ3) is 8.44. The Morgan fingerprint density at radius 2 is 1.88 bits per heavy atom. The number of benzene rings is 2. The topological polar surface area (TPSA) is 171 Å². The van der Waals surface area contributed by atoms with Gasteiger partial charge in [-0.05, 0) is 98.4 Å². The number of aromatic nitrogens is 1. The summed E-state index contributed by atoms with van der Waals surface area (Å²) in [5.74, 6) is -3.61. The molecule has 3 amide bonds. The van der Waals surface area contributed by atoms with Gasteiger partial charge in [-0.1, -0.05) is 31.2 Å². The molecule has 0 bridgehead atoms. The number of alkyl halides is 1. The van der Waals surface area contributed by atoms with Crippen molar-refractivity contribution in [3.63, 3.8) is 0 Å². The number of halogens is 1. The van der Waals surface area contributed by atoms with Crippen LogP contribution in [-0.2, 0) is 23.7 Å². The molecule has 5 heterocycles. The number of carbonyl (C=O) groups excluding carboxylic acids is 4. The normalized spacial score (nSPS) is 21.6. The Kier molecular flexibility index (Phi) is 12.0. The predicted molar refractivity (Wildman–Crippen MR) is 211 cm³/mol. The van der Waals surface area contributed by atoms with Gasteiger partial charge in [0, 0.05) is 42.1 Å². The first-order valence-corrected chi connectivity index (χ1v) is 21.7. The van der Waals surface area contributed by atoms with Crippen molar-refractivity contribution >= 4 is 52.6 Å². The molecule has 3 fully saturated rings. The van der Waals surface area contributed by atoms with Gasteiger partial charge in [-0.2, -0.15) is 5.26 Å². The third-order valence-electron chi connectivity index (χ3n) is 10.8. The Bertz CT molecular complexity index is 2240. The number of para-hydroxylation sites is 1. The molecule has 2 aromatic heterocycles. The summed E-state index contributed by atoms with van der Waals surface area (Å²) in [5, 5.41) is 15.5. The number of ether oxygens (including phenoxy) is 1. The van der Waals surface area contributed by atoms with Gasteiger partial charge < -0.3 is 24.4 Å². The smallest absolute Gasteiger partial charge is 0.355 e. The van der Waals surface area contributed by atoms with Crippen molar-refractivity contribution in [3.8, 4) is 11.8 Å². The number of rotatable bonds is 13. The molecule has 3 saturated heterocycles. The largest absolute Gasteiger partial charge is 0.465 e. The van der Waals surface area contributed by atoms with Crippen molar-refractivity contribution in [2.45, 2.75) is 88.4 Å². The van der Waals surface area contributed by atoms with Crippen LogP contribution in [0.15, 0.2) is 73.1 Å². The number of hydrogen-bond acceptors (Lipinski definition) is 10. The number of thiophene rings is 1. The summed E-state index contributed by atoms with van der Waals surface area (Å²) in [5.41, 5.74) is 1.37. The van der Waals surface area contributed by atoms with E-state index in [0.29, 0.717) is 65.7 Å². The van der Waals surface area contributed by atoms with E-state index in [4.69, 9.17) is 9.26 Å². The number of likely N-dealkylation sites (tertiary alicyclic amines) is 1. The van der Waals surface area contributed by atoms with Crippen LogP contribution in [0.3, 0.4) is 0 Å². The number of carbonyl (C=O) groups is 4. The second-order valence-electron chi connectivity index (χ2n) is 14.7. The van der Waals surface area contributed by atoms with E-state index in [1.165, 1.54) is 42.5 Å². The van der Waals surface area contributed by atoms with Crippen LogP contribution in [0.1, 0.15) is 90.6 Å². The van der Waals surface area contributed by atoms with E-state index < -0.39 is 43.4 Å². The lowest BCUT2D eigenvalue weighted by molar-refractivity contribution is -0.148. The van der Waals surface area contributed by atoms with Gasteiger partial charge in [0.25, 0.3) is 5.91 Å². The SMILES string of the molecule is CCCOC(=O)[C@H](C)NP(=O)(Oc1ccccc1)C(F)c1ccc2sc(C(=O)N[C@H]3CCC[C@H]4CC[C@@H](C(=O)N5CC(c6cnccc6C#N)C5)N4C3=O)cc2c1. The van der Waals surface area contributed by atoms with Crippen molar-refractivity contribution in [1.29, 1.82) is 5.26 Å². The molecule has 6 atom stereocenters. The molecule has 2 N–H and O–H groups in total. The zero-order valence-electron chi connectivity index (χ0n) is 31.6. The Morgan fingerprint density at radius 1 is 1.09 bits per heavy atom. The summed E-state index contributed by atoms with van der Waals surface area (Å²) in [6.07, 6.45) is 6.93. The van der Waals surface area contributed by atoms with Crippen molar-refractivity contribution in [2.75, 3.05) is 19.7 Å². The number of nitrogens with zero attached hydrogens (tertiary/aromatic N) is 4. The molecule has 0 spiro atoms. The molecule has 13 nitrogen and oxygen atoms in total. The first-order valence-electron chi connectivity index (χ1n) is 19.2. The Hall–Kier alpha value is -5.16. The van der Waals surface area contributed by atoms with Crippen LogP contribution >= 0.6 is 18.9 Å². The second kappa shape index (κ2) is 17.1. The Labute approximate surface area is 334 Å². The molecule has 2 unspecified atom stereocenters. The third-order valence-corrected chi connectivity index (χ3v) is 14.0. The molecule has 2 aromatic carbocycles. The number of pyridine rings is 1. The first kappa shape index (κ1) is 40.1. The van der Waals surface area contributed by atoms with Gasteiger partial charge >= 0.3 is 13.5 Å². The van der Waals surface area contributed by atoms with Crippen LogP contribution in [0.2, 0.25) is 0 Å². The summed E-state index contributed by atoms with van der Waals surface area (Å²) in [4.78, 5) is 62.0. The highest BCUT2D eigenvalue weighted by molar-refractivity contribution is 7.57. The van der Waals surface area contributed by atoms with Crippen LogP contribution in [0.25, 0.3) is 10.1 Å². The van der Waals surface area contributed by atoms with E-state index in [1.807, 2.05) is 6.92 Å². The van der Waals surface area contributed by atoms with Gasteiger partial charge in [-0.15, -0.1) is 11.3 Å². The fourth-order valence-corrected chi connectivity index (χ4v) is 10.7. The van der Waals surface area contributed by atoms with Gasteiger partial charge in [-0.3, -0.25) is 28.7 Å². The lowest BCUT2D eigenvalue weighted by Crippen LogP contribution is -2.58. The van der Waals surface area contributed by atoms with Crippen molar-refractivity contribution < 1.29 is 37.4 Å². The maximum absolute atomic E-state index is 16.5. The minimum atomic E-state index is -4.45. The highest BCUT2D eigenvalue weighted by Crippen LogP contribution is 2.58. The first-order chi connectivity index (χ1) is 27.5. The average Bonchev–Trinajstić information content (AvgIpc) is 3.79. The molecule has 298 valence electrons. The lowest BCUT2D eigenvalue weighted by Gasteiger charge is -2.42. The fourth-order valence-electron chi connectivity index (χ4n) is 7.81. The molecule has 7 rings (SSSR count). The molecular weight excluding hydrogens is 771 g/mol. The van der Waals surface area contributed by atoms with E-state index in [0.717, 1.165) is 12.0 Å². The fraction of sp³-hybridized carbons (Fsp3) is 0.415. The molecule has 57 heavy (non-hydrogen) atoms. The quantitative estimate of drug-likeness (QED) is 0.111. The molecule has 0 saturated carbocycles. The zero-order chi connectivity index (χ0) is 40.3.